The molecule has 0 saturated carbocycles. The minimum atomic E-state index is -0.432. The molecule has 0 bridgehead atoms. The molecule has 0 spiro atoms. The Morgan fingerprint density at radius 2 is 1.71 bits per heavy atom. The first-order valence-electron chi connectivity index (χ1n) is 16.6. The maximum Gasteiger partial charge on any atom is 0.261 e. The molecule has 9 nitrogen and oxygen atoms in total. The van der Waals surface area contributed by atoms with Crippen LogP contribution >= 0.6 is 11.3 Å². The molecule has 0 aliphatic heterocycles. The molecule has 0 saturated heterocycles. The zero-order valence-electron chi connectivity index (χ0n) is 30.2. The number of aryl methyl sites for hydroxylation is 1. The Bertz CT molecular complexity index is 1660. The molecule has 2 N–H and O–H groups in total. The largest absolute Gasteiger partial charge is 0.496 e. The standard InChI is InChI=1S/C28H30N4O4S.C10H22O/c1-7-28(3,4)17-9-8-10-18(13-17)31-26(33)19-14-23(36-6)29-15-21(19)32-27(34)24-22(35-5)12-11-20-25(24)37-16(2)30-20;1-5-6-9(2)7-10(3)8-11-4/h8-15H,7H2,1-6H3,(H,31,33)(H,32,34);9-10H,5-8H2,1-4H3. The summed E-state index contributed by atoms with van der Waals surface area (Å²) < 4.78 is 16.5. The van der Waals surface area contributed by atoms with Gasteiger partial charge < -0.3 is 24.8 Å². The average Bonchev–Trinajstić information content (AvgIpc) is 3.44. The molecule has 2 atom stereocenters. The predicted molar refractivity (Wildman–Crippen MR) is 197 cm³/mol. The minimum absolute atomic E-state index is 0.0329. The Morgan fingerprint density at radius 3 is 2.35 bits per heavy atom. The molecular formula is C38H52N4O5S. The first-order valence-corrected chi connectivity index (χ1v) is 17.4. The fraction of sp³-hybridized carbons (Fsp3) is 0.474. The van der Waals surface area contributed by atoms with Crippen molar-refractivity contribution in [2.45, 2.75) is 79.6 Å². The topological polar surface area (TPSA) is 112 Å². The number of amides is 2. The summed E-state index contributed by atoms with van der Waals surface area (Å²) >= 11 is 1.40. The maximum atomic E-state index is 13.5. The number of fused-ring (bicyclic) bond motifs is 1. The lowest BCUT2D eigenvalue weighted by Gasteiger charge is -2.24. The van der Waals surface area contributed by atoms with Gasteiger partial charge in [-0.2, -0.15) is 0 Å². The third-order valence-corrected chi connectivity index (χ3v) is 9.48. The van der Waals surface area contributed by atoms with Crippen molar-refractivity contribution < 1.29 is 23.8 Å². The van der Waals surface area contributed by atoms with Crippen molar-refractivity contribution in [3.63, 3.8) is 0 Å². The van der Waals surface area contributed by atoms with E-state index >= 15 is 0 Å². The van der Waals surface area contributed by atoms with Crippen molar-refractivity contribution in [3.8, 4) is 11.6 Å². The predicted octanol–water partition coefficient (Wildman–Crippen LogP) is 9.30. The second-order valence-electron chi connectivity index (χ2n) is 12.9. The van der Waals surface area contributed by atoms with Gasteiger partial charge in [-0.3, -0.25) is 9.59 Å². The Balaban J connectivity index is 0.000000488. The highest BCUT2D eigenvalue weighted by Crippen LogP contribution is 2.34. The van der Waals surface area contributed by atoms with Gasteiger partial charge in [0.2, 0.25) is 5.88 Å². The lowest BCUT2D eigenvalue weighted by molar-refractivity contribution is 0.102. The van der Waals surface area contributed by atoms with Gasteiger partial charge in [0, 0.05) is 25.5 Å². The van der Waals surface area contributed by atoms with Crippen LogP contribution in [0.5, 0.6) is 11.6 Å². The number of thiazole rings is 1. The molecule has 2 aromatic heterocycles. The summed E-state index contributed by atoms with van der Waals surface area (Å²) in [5.74, 6) is 1.42. The molecule has 0 fully saturated rings. The normalized spacial score (nSPS) is 12.5. The van der Waals surface area contributed by atoms with E-state index in [1.165, 1.54) is 57.1 Å². The Labute approximate surface area is 289 Å². The van der Waals surface area contributed by atoms with Crippen LogP contribution in [0.15, 0.2) is 48.7 Å². The van der Waals surface area contributed by atoms with E-state index < -0.39 is 11.8 Å². The van der Waals surface area contributed by atoms with Crippen LogP contribution in [0.25, 0.3) is 10.2 Å². The van der Waals surface area contributed by atoms with Crippen LogP contribution < -0.4 is 20.1 Å². The molecule has 4 rings (SSSR count). The number of hydrogen-bond donors (Lipinski definition) is 2. The molecule has 0 aliphatic carbocycles. The van der Waals surface area contributed by atoms with Gasteiger partial charge in [-0.15, -0.1) is 11.3 Å². The Hall–Kier alpha value is -4.02. The molecule has 2 aromatic carbocycles. The zero-order valence-corrected chi connectivity index (χ0v) is 31.0. The van der Waals surface area contributed by atoms with Gasteiger partial charge in [0.15, 0.2) is 0 Å². The van der Waals surface area contributed by atoms with Crippen molar-refractivity contribution in [3.05, 3.63) is 70.4 Å². The molecule has 260 valence electrons. The molecule has 48 heavy (non-hydrogen) atoms. The first-order chi connectivity index (χ1) is 22.9. The second kappa shape index (κ2) is 17.9. The summed E-state index contributed by atoms with van der Waals surface area (Å²) in [5.41, 5.74) is 3.25. The smallest absolute Gasteiger partial charge is 0.261 e. The van der Waals surface area contributed by atoms with E-state index in [0.29, 0.717) is 27.2 Å². The quantitative estimate of drug-likeness (QED) is 0.137. The number of pyridine rings is 1. The van der Waals surface area contributed by atoms with E-state index in [2.05, 4.69) is 68.2 Å². The van der Waals surface area contributed by atoms with Crippen LogP contribution in [-0.2, 0) is 10.2 Å². The maximum absolute atomic E-state index is 13.5. The number of carbonyl (C=O) groups excluding carboxylic acids is 2. The lowest BCUT2D eigenvalue weighted by atomic mass is 9.82. The van der Waals surface area contributed by atoms with Crippen molar-refractivity contribution in [2.75, 3.05) is 38.6 Å². The van der Waals surface area contributed by atoms with Crippen molar-refractivity contribution >= 4 is 44.7 Å². The van der Waals surface area contributed by atoms with Crippen LogP contribution in [0.3, 0.4) is 0 Å². The number of nitrogens with one attached hydrogen (secondary N) is 2. The van der Waals surface area contributed by atoms with Crippen LogP contribution in [0.1, 0.15) is 98.5 Å². The highest BCUT2D eigenvalue weighted by atomic mass is 32.1. The van der Waals surface area contributed by atoms with E-state index in [-0.39, 0.29) is 22.5 Å². The van der Waals surface area contributed by atoms with Crippen molar-refractivity contribution in [1.82, 2.24) is 9.97 Å². The second-order valence-corrected chi connectivity index (χ2v) is 14.1. The van der Waals surface area contributed by atoms with Gasteiger partial charge in [0.1, 0.15) is 11.3 Å². The molecule has 2 amide bonds. The first kappa shape index (κ1) is 38.4. The fourth-order valence-corrected chi connectivity index (χ4v) is 6.51. The summed E-state index contributed by atoms with van der Waals surface area (Å²) in [5, 5.41) is 6.63. The Kier molecular flexibility index (Phi) is 14.4. The van der Waals surface area contributed by atoms with Crippen molar-refractivity contribution in [2.24, 2.45) is 11.8 Å². The fourth-order valence-electron chi connectivity index (χ4n) is 5.56. The van der Waals surface area contributed by atoms with Gasteiger partial charge in [-0.25, -0.2) is 9.97 Å². The van der Waals surface area contributed by atoms with Crippen LogP contribution in [0, 0.1) is 18.8 Å². The van der Waals surface area contributed by atoms with Gasteiger partial charge in [-0.1, -0.05) is 66.5 Å². The van der Waals surface area contributed by atoms with E-state index in [9.17, 15) is 9.59 Å². The van der Waals surface area contributed by atoms with Gasteiger partial charge >= 0.3 is 0 Å². The number of aromatic nitrogens is 2. The molecule has 0 aliphatic rings. The van der Waals surface area contributed by atoms with Crippen LogP contribution in [-0.4, -0.2) is 49.7 Å². The van der Waals surface area contributed by atoms with Gasteiger partial charge in [0.25, 0.3) is 11.8 Å². The molecule has 10 heteroatoms. The molecule has 4 aromatic rings. The number of benzene rings is 2. The average molecular weight is 677 g/mol. The van der Waals surface area contributed by atoms with Crippen LogP contribution in [0.2, 0.25) is 0 Å². The third kappa shape index (κ3) is 10.2. The van der Waals surface area contributed by atoms with E-state index in [1.807, 2.05) is 31.2 Å². The number of ether oxygens (including phenoxy) is 3. The van der Waals surface area contributed by atoms with E-state index in [0.717, 1.165) is 35.4 Å². The van der Waals surface area contributed by atoms with E-state index in [4.69, 9.17) is 14.2 Å². The van der Waals surface area contributed by atoms with Crippen molar-refractivity contribution in [1.29, 1.82) is 0 Å². The monoisotopic (exact) mass is 676 g/mol. The highest BCUT2D eigenvalue weighted by Gasteiger charge is 2.23. The Morgan fingerprint density at radius 1 is 0.958 bits per heavy atom. The lowest BCUT2D eigenvalue weighted by Crippen LogP contribution is -2.20. The number of methoxy groups -OCH3 is 3. The minimum Gasteiger partial charge on any atom is -0.496 e. The molecule has 2 heterocycles. The third-order valence-electron chi connectivity index (χ3n) is 8.48. The number of hydrogen-bond acceptors (Lipinski definition) is 8. The molecule has 0 radical (unpaired) electrons. The summed E-state index contributed by atoms with van der Waals surface area (Å²) in [6, 6.07) is 12.8. The SMILES string of the molecule is CCC(C)(C)c1cccc(NC(=O)c2cc(OC)ncc2NC(=O)c2c(OC)ccc3nc(C)sc23)c1.CCCC(C)CC(C)COC. The van der Waals surface area contributed by atoms with Gasteiger partial charge in [-0.05, 0) is 66.8 Å². The van der Waals surface area contributed by atoms with Crippen LogP contribution in [0.4, 0.5) is 11.4 Å². The number of nitrogens with zero attached hydrogens (tertiary/aromatic N) is 2. The summed E-state index contributed by atoms with van der Waals surface area (Å²) in [4.78, 5) is 35.6. The highest BCUT2D eigenvalue weighted by molar-refractivity contribution is 7.19. The number of anilines is 2. The molecular weight excluding hydrogens is 625 g/mol. The number of carbonyl (C=O) groups is 2. The van der Waals surface area contributed by atoms with Gasteiger partial charge in [0.05, 0.1) is 46.9 Å². The summed E-state index contributed by atoms with van der Waals surface area (Å²) in [6.07, 6.45) is 6.33. The number of rotatable bonds is 14. The summed E-state index contributed by atoms with van der Waals surface area (Å²) in [6.45, 7) is 16.1. The zero-order chi connectivity index (χ0) is 35.4. The molecule has 2 unspecified atom stereocenters. The van der Waals surface area contributed by atoms with E-state index in [1.54, 1.807) is 13.2 Å². The summed E-state index contributed by atoms with van der Waals surface area (Å²) in [7, 11) is 4.75.